The second-order valence-corrected chi connectivity index (χ2v) is 14.3. The van der Waals surface area contributed by atoms with Gasteiger partial charge in [-0.25, -0.2) is 4.90 Å². The maximum absolute atomic E-state index is 14.9. The third-order valence-electron chi connectivity index (χ3n) is 9.63. The highest BCUT2D eigenvalue weighted by atomic mass is 35.5. The SMILES string of the molecule is CC(C)c1cccc(C(C)C)c1N1C(=O)C(c2ccc(C=Cc3ccc(Cl)cc3)cc2)=C(c2ccc(N(c3ccccc3)c3ccccc3)cc2)C1=O. The molecular formula is C48H41ClN2O2. The van der Waals surface area contributed by atoms with Crippen LogP contribution < -0.4 is 9.80 Å². The number of hydrogen-bond acceptors (Lipinski definition) is 3. The Morgan fingerprint density at radius 3 is 1.32 bits per heavy atom. The van der Waals surface area contributed by atoms with Gasteiger partial charge < -0.3 is 4.90 Å². The maximum atomic E-state index is 14.9. The van der Waals surface area contributed by atoms with E-state index in [1.54, 1.807) is 0 Å². The van der Waals surface area contributed by atoms with Gasteiger partial charge in [-0.1, -0.05) is 155 Å². The van der Waals surface area contributed by atoms with Gasteiger partial charge in [0.25, 0.3) is 11.8 Å². The largest absolute Gasteiger partial charge is 0.311 e. The maximum Gasteiger partial charge on any atom is 0.266 e. The Balaban J connectivity index is 1.34. The molecule has 0 bridgehead atoms. The van der Waals surface area contributed by atoms with Crippen LogP contribution in [0, 0.1) is 0 Å². The minimum Gasteiger partial charge on any atom is -0.311 e. The highest BCUT2D eigenvalue weighted by molar-refractivity contribution is 6.57. The Labute approximate surface area is 317 Å². The first-order valence-corrected chi connectivity index (χ1v) is 18.4. The van der Waals surface area contributed by atoms with Crippen LogP contribution in [0.5, 0.6) is 0 Å². The van der Waals surface area contributed by atoms with E-state index in [-0.39, 0.29) is 23.7 Å². The molecular weight excluding hydrogens is 672 g/mol. The van der Waals surface area contributed by atoms with Crippen molar-refractivity contribution in [2.45, 2.75) is 39.5 Å². The van der Waals surface area contributed by atoms with Gasteiger partial charge in [0.15, 0.2) is 0 Å². The molecule has 4 nitrogen and oxygen atoms in total. The highest BCUT2D eigenvalue weighted by Crippen LogP contribution is 2.44. The number of imide groups is 1. The number of anilines is 4. The Morgan fingerprint density at radius 2 is 0.887 bits per heavy atom. The molecule has 0 saturated carbocycles. The lowest BCUT2D eigenvalue weighted by Crippen LogP contribution is -2.33. The van der Waals surface area contributed by atoms with E-state index < -0.39 is 0 Å². The second-order valence-electron chi connectivity index (χ2n) is 13.9. The van der Waals surface area contributed by atoms with E-state index >= 15 is 0 Å². The van der Waals surface area contributed by atoms with Crippen LogP contribution in [0.2, 0.25) is 5.02 Å². The normalized spacial score (nSPS) is 13.2. The van der Waals surface area contributed by atoms with Gasteiger partial charge in [0.2, 0.25) is 0 Å². The van der Waals surface area contributed by atoms with Crippen LogP contribution in [0.1, 0.15) is 72.9 Å². The summed E-state index contributed by atoms with van der Waals surface area (Å²) in [6, 6.07) is 49.9. The lowest BCUT2D eigenvalue weighted by atomic mass is 9.91. The van der Waals surface area contributed by atoms with Gasteiger partial charge in [-0.2, -0.15) is 0 Å². The predicted octanol–water partition coefficient (Wildman–Crippen LogP) is 12.7. The third-order valence-corrected chi connectivity index (χ3v) is 9.88. The average Bonchev–Trinajstić information content (AvgIpc) is 3.44. The molecule has 6 aromatic carbocycles. The van der Waals surface area contributed by atoms with Crippen molar-refractivity contribution >= 4 is 69.5 Å². The van der Waals surface area contributed by atoms with E-state index in [1.165, 1.54) is 4.90 Å². The molecule has 0 spiro atoms. The van der Waals surface area contributed by atoms with Gasteiger partial charge in [0.1, 0.15) is 0 Å². The number of para-hydroxylation sites is 3. The molecule has 0 fully saturated rings. The smallest absolute Gasteiger partial charge is 0.266 e. The van der Waals surface area contributed by atoms with Crippen molar-refractivity contribution in [1.29, 1.82) is 0 Å². The average molecular weight is 713 g/mol. The number of halogens is 1. The van der Waals surface area contributed by atoms with Gasteiger partial charge in [-0.15, -0.1) is 0 Å². The van der Waals surface area contributed by atoms with Crippen LogP contribution in [0.3, 0.4) is 0 Å². The topological polar surface area (TPSA) is 40.6 Å². The summed E-state index contributed by atoms with van der Waals surface area (Å²) in [6.07, 6.45) is 4.04. The zero-order valence-electron chi connectivity index (χ0n) is 30.3. The predicted molar refractivity (Wildman–Crippen MR) is 222 cm³/mol. The molecule has 0 unspecified atom stereocenters. The Morgan fingerprint density at radius 1 is 0.491 bits per heavy atom. The summed E-state index contributed by atoms with van der Waals surface area (Å²) >= 11 is 6.07. The molecule has 1 aliphatic rings. The number of carbonyl (C=O) groups excluding carboxylic acids is 2. The van der Waals surface area contributed by atoms with E-state index in [9.17, 15) is 9.59 Å². The van der Waals surface area contributed by atoms with Gasteiger partial charge in [-0.05, 0) is 93.7 Å². The van der Waals surface area contributed by atoms with Crippen molar-refractivity contribution in [3.63, 3.8) is 0 Å². The van der Waals surface area contributed by atoms with E-state index in [2.05, 4.69) is 56.9 Å². The fraction of sp³-hybridized carbons (Fsp3) is 0.125. The molecule has 0 aliphatic carbocycles. The first-order chi connectivity index (χ1) is 25.7. The van der Waals surface area contributed by atoms with E-state index in [4.69, 9.17) is 11.6 Å². The summed E-state index contributed by atoms with van der Waals surface area (Å²) in [4.78, 5) is 33.3. The number of hydrogen-bond donors (Lipinski definition) is 0. The molecule has 2 amide bonds. The minimum absolute atomic E-state index is 0.102. The molecule has 7 rings (SSSR count). The molecule has 5 heteroatoms. The van der Waals surface area contributed by atoms with Crippen molar-refractivity contribution in [3.8, 4) is 0 Å². The third kappa shape index (κ3) is 7.24. The van der Waals surface area contributed by atoms with Crippen molar-refractivity contribution in [3.05, 3.63) is 190 Å². The fourth-order valence-electron chi connectivity index (χ4n) is 6.94. The summed E-state index contributed by atoms with van der Waals surface area (Å²) in [5.74, 6) is -0.430. The molecule has 1 aliphatic heterocycles. The molecule has 0 radical (unpaired) electrons. The summed E-state index contributed by atoms with van der Waals surface area (Å²) in [6.45, 7) is 8.40. The zero-order valence-corrected chi connectivity index (χ0v) is 31.1. The lowest BCUT2D eigenvalue weighted by molar-refractivity contribution is -0.119. The number of nitrogens with zero attached hydrogens (tertiary/aromatic N) is 2. The summed E-state index contributed by atoms with van der Waals surface area (Å²) in [5, 5.41) is 0.691. The summed E-state index contributed by atoms with van der Waals surface area (Å²) in [5.41, 5.74) is 9.77. The van der Waals surface area contributed by atoms with Gasteiger partial charge in [-0.3, -0.25) is 9.59 Å². The van der Waals surface area contributed by atoms with Crippen LogP contribution in [0.25, 0.3) is 23.3 Å². The van der Waals surface area contributed by atoms with Crippen LogP contribution >= 0.6 is 11.6 Å². The van der Waals surface area contributed by atoms with Crippen molar-refractivity contribution < 1.29 is 9.59 Å². The van der Waals surface area contributed by atoms with E-state index in [1.807, 2.05) is 140 Å². The molecule has 0 atom stereocenters. The van der Waals surface area contributed by atoms with Crippen LogP contribution in [0.4, 0.5) is 22.7 Å². The molecule has 262 valence electrons. The Hall–Kier alpha value is -5.97. The Bertz CT molecular complexity index is 2240. The summed E-state index contributed by atoms with van der Waals surface area (Å²) < 4.78 is 0. The Kier molecular flexibility index (Phi) is 10.2. The molecule has 53 heavy (non-hydrogen) atoms. The van der Waals surface area contributed by atoms with E-state index in [0.717, 1.165) is 39.3 Å². The second kappa shape index (κ2) is 15.3. The molecule has 1 heterocycles. The van der Waals surface area contributed by atoms with Crippen LogP contribution in [-0.4, -0.2) is 11.8 Å². The van der Waals surface area contributed by atoms with E-state index in [0.29, 0.717) is 33.0 Å². The number of rotatable bonds is 10. The van der Waals surface area contributed by atoms with Gasteiger partial charge >= 0.3 is 0 Å². The lowest BCUT2D eigenvalue weighted by Gasteiger charge is -2.26. The van der Waals surface area contributed by atoms with Gasteiger partial charge in [0.05, 0.1) is 16.8 Å². The number of amides is 2. The minimum atomic E-state index is -0.317. The van der Waals surface area contributed by atoms with Crippen LogP contribution in [-0.2, 0) is 9.59 Å². The zero-order chi connectivity index (χ0) is 37.1. The molecule has 0 saturated heterocycles. The fourth-order valence-corrected chi connectivity index (χ4v) is 7.07. The van der Waals surface area contributed by atoms with Crippen molar-refractivity contribution in [1.82, 2.24) is 0 Å². The highest BCUT2D eigenvalue weighted by Gasteiger charge is 2.42. The number of benzene rings is 6. The first kappa shape index (κ1) is 35.4. The standard InChI is InChI=1S/C48H41ClN2O2/c1-32(2)42-16-11-17-43(33(3)4)46(42)51-47(52)44(36-24-20-34(21-25-36)18-19-35-22-28-38(49)29-23-35)45(48(51)53)37-26-30-41(31-27-37)50(39-12-7-5-8-13-39)40-14-9-6-10-15-40/h5-33H,1-4H3. The monoisotopic (exact) mass is 712 g/mol. The molecule has 0 N–H and O–H groups in total. The molecule has 6 aromatic rings. The van der Waals surface area contributed by atoms with Crippen molar-refractivity contribution in [2.75, 3.05) is 9.80 Å². The quantitative estimate of drug-likeness (QED) is 0.105. The van der Waals surface area contributed by atoms with Gasteiger partial charge in [0, 0.05) is 22.1 Å². The van der Waals surface area contributed by atoms with Crippen LogP contribution in [0.15, 0.2) is 152 Å². The first-order valence-electron chi connectivity index (χ1n) is 18.0. The number of carbonyl (C=O) groups is 2. The van der Waals surface area contributed by atoms with Crippen molar-refractivity contribution in [2.24, 2.45) is 0 Å². The summed E-state index contributed by atoms with van der Waals surface area (Å²) in [7, 11) is 0. The molecule has 0 aromatic heterocycles.